The minimum Gasteiger partial charge on any atom is -0.507 e. The third-order valence-corrected chi connectivity index (χ3v) is 13.5. The van der Waals surface area contributed by atoms with E-state index in [4.69, 9.17) is 9.98 Å². The molecule has 0 heterocycles. The van der Waals surface area contributed by atoms with Crippen LogP contribution in [0.5, 0.6) is 11.5 Å². The Morgan fingerprint density at radius 1 is 0.541 bits per heavy atom. The number of hydrogen-bond donors (Lipinski definition) is 2. The molecule has 0 fully saturated rings. The van der Waals surface area contributed by atoms with Gasteiger partial charge in [-0.25, -0.2) is 0 Å². The lowest BCUT2D eigenvalue weighted by Crippen LogP contribution is -2.51. The van der Waals surface area contributed by atoms with Crippen LogP contribution in [0.3, 0.4) is 0 Å². The predicted octanol–water partition coefficient (Wildman–Crippen LogP) is 14.4. The first-order valence-corrected chi connectivity index (χ1v) is 25.4. The maximum atomic E-state index is 11.5. The van der Waals surface area contributed by atoms with Crippen LogP contribution in [0.2, 0.25) is 0 Å². The van der Waals surface area contributed by atoms with E-state index in [1.54, 1.807) is 6.21 Å². The second-order valence-electron chi connectivity index (χ2n) is 20.9. The van der Waals surface area contributed by atoms with Gasteiger partial charge in [-0.15, -0.1) is 0 Å². The molecule has 2 aromatic rings. The maximum absolute atomic E-state index is 11.5. The number of rotatable bonds is 32. The summed E-state index contributed by atoms with van der Waals surface area (Å²) >= 11 is 0. The number of nitrogens with zero attached hydrogens (tertiary/aromatic N) is 4. The lowest BCUT2D eigenvalue weighted by atomic mass is 9.84. The maximum Gasteiger partial charge on any atom is 0.128 e. The quantitative estimate of drug-likeness (QED) is 0.0569. The number of unbranched alkanes of at least 4 members (excludes halogenated alkanes) is 6. The van der Waals surface area contributed by atoms with Crippen molar-refractivity contribution in [1.29, 1.82) is 0 Å². The highest BCUT2D eigenvalue weighted by Crippen LogP contribution is 2.35. The van der Waals surface area contributed by atoms with Crippen molar-refractivity contribution in [3.8, 4) is 11.5 Å². The zero-order valence-corrected chi connectivity index (χ0v) is 42.4. The fourth-order valence-electron chi connectivity index (χ4n) is 9.43. The van der Waals surface area contributed by atoms with E-state index in [0.717, 1.165) is 27.8 Å². The van der Waals surface area contributed by atoms with E-state index in [1.165, 1.54) is 170 Å². The molecule has 0 aromatic heterocycles. The van der Waals surface area contributed by atoms with Gasteiger partial charge in [0.15, 0.2) is 0 Å². The number of hydrogen-bond acceptors (Lipinski definition) is 4. The fourth-order valence-corrected chi connectivity index (χ4v) is 9.43. The van der Waals surface area contributed by atoms with Crippen LogP contribution in [0.4, 0.5) is 0 Å². The summed E-state index contributed by atoms with van der Waals surface area (Å²) in [4.78, 5) is 9.84. The number of phenols is 2. The highest BCUT2D eigenvalue weighted by Gasteiger charge is 2.29. The molecule has 0 amide bonds. The summed E-state index contributed by atoms with van der Waals surface area (Å²) in [6.07, 6.45) is 24.1. The standard InChI is InChI=1S/C55H96N4O2/c1-14-20-30-58(31-21-15-2,32-22-16-3)36-26-28-47(29-27-37-59(33-23-17-4,34-24-18-5)35-25-19-6)48-40-46(8)52(60)50(41-48)43-57-55(12,13)44-56-42-49-38-45(7)39-51(53(49)61)54(9,10)11/h38-43,47H,14-37,44H2,1-13H3/p+2. The summed E-state index contributed by atoms with van der Waals surface area (Å²) < 4.78 is 2.58. The first-order chi connectivity index (χ1) is 28.9. The molecule has 6 nitrogen and oxygen atoms in total. The van der Waals surface area contributed by atoms with Crippen LogP contribution in [0.15, 0.2) is 34.3 Å². The molecule has 0 atom stereocenters. The molecule has 0 spiro atoms. The molecular weight excluding hydrogens is 749 g/mol. The average Bonchev–Trinajstić information content (AvgIpc) is 3.22. The largest absolute Gasteiger partial charge is 0.507 e. The van der Waals surface area contributed by atoms with Gasteiger partial charge < -0.3 is 19.2 Å². The Kier molecular flexibility index (Phi) is 24.5. The molecule has 0 unspecified atom stereocenters. The highest BCUT2D eigenvalue weighted by atomic mass is 16.3. The lowest BCUT2D eigenvalue weighted by Gasteiger charge is -2.40. The fraction of sp³-hybridized carbons (Fsp3) is 0.745. The molecule has 6 heteroatoms. The normalized spacial score (nSPS) is 13.1. The Morgan fingerprint density at radius 2 is 0.951 bits per heavy atom. The molecule has 2 rings (SSSR count). The first-order valence-electron chi connectivity index (χ1n) is 25.4. The average molecular weight is 847 g/mol. The molecule has 0 bridgehead atoms. The highest BCUT2D eigenvalue weighted by molar-refractivity contribution is 5.86. The van der Waals surface area contributed by atoms with Gasteiger partial charge in [0, 0.05) is 29.1 Å². The molecule has 2 aromatic carbocycles. The van der Waals surface area contributed by atoms with Crippen LogP contribution < -0.4 is 0 Å². The van der Waals surface area contributed by atoms with Gasteiger partial charge in [0.1, 0.15) is 11.5 Å². The van der Waals surface area contributed by atoms with E-state index in [9.17, 15) is 10.2 Å². The Morgan fingerprint density at radius 3 is 1.36 bits per heavy atom. The molecule has 0 aliphatic carbocycles. The van der Waals surface area contributed by atoms with Crippen molar-refractivity contribution in [2.45, 2.75) is 210 Å². The van der Waals surface area contributed by atoms with E-state index in [-0.39, 0.29) is 5.41 Å². The van der Waals surface area contributed by atoms with Gasteiger partial charge in [0.2, 0.25) is 0 Å². The third-order valence-electron chi connectivity index (χ3n) is 13.5. The number of aliphatic imine (C=N–C) groups is 2. The number of benzene rings is 2. The Bertz CT molecular complexity index is 1500. The zero-order chi connectivity index (χ0) is 45.5. The molecule has 2 N–H and O–H groups in total. The van der Waals surface area contributed by atoms with Crippen molar-refractivity contribution < 1.29 is 19.2 Å². The SMILES string of the molecule is CCCC[N+](CCCC)(CCCC)CCCC(CCC[N+](CCCC)(CCCC)CCCC)c1cc(C)c(O)c(C=NC(C)(C)CN=Cc2cc(C)cc(C(C)(C)C)c2O)c1. The molecule has 0 aliphatic heterocycles. The second kappa shape index (κ2) is 27.5. The van der Waals surface area contributed by atoms with Crippen LogP contribution in [0.1, 0.15) is 218 Å². The molecular formula is C55H98N4O2+2. The van der Waals surface area contributed by atoms with Gasteiger partial charge >= 0.3 is 0 Å². The number of aromatic hydroxyl groups is 2. The molecule has 0 saturated carbocycles. The molecule has 0 aliphatic rings. The van der Waals surface area contributed by atoms with E-state index < -0.39 is 5.54 Å². The smallest absolute Gasteiger partial charge is 0.128 e. The van der Waals surface area contributed by atoms with E-state index in [1.807, 2.05) is 12.3 Å². The van der Waals surface area contributed by atoms with E-state index >= 15 is 0 Å². The topological polar surface area (TPSA) is 65.2 Å². The number of aryl methyl sites for hydroxylation is 2. The lowest BCUT2D eigenvalue weighted by molar-refractivity contribution is -0.929. The molecule has 61 heavy (non-hydrogen) atoms. The third kappa shape index (κ3) is 18.9. The van der Waals surface area contributed by atoms with Crippen molar-refractivity contribution >= 4 is 12.4 Å². The van der Waals surface area contributed by atoms with Crippen LogP contribution in [-0.2, 0) is 5.41 Å². The summed E-state index contributed by atoms with van der Waals surface area (Å²) in [6.45, 7) is 39.7. The van der Waals surface area contributed by atoms with Crippen LogP contribution in [-0.4, -0.2) is 96.1 Å². The van der Waals surface area contributed by atoms with Gasteiger partial charge in [-0.05, 0) is 132 Å². The zero-order valence-electron chi connectivity index (χ0n) is 42.4. The van der Waals surface area contributed by atoms with Crippen molar-refractivity contribution in [3.05, 3.63) is 57.6 Å². The van der Waals surface area contributed by atoms with E-state index in [0.29, 0.717) is 24.0 Å². The van der Waals surface area contributed by atoms with Gasteiger partial charge in [0.25, 0.3) is 0 Å². The predicted molar refractivity (Wildman–Crippen MR) is 269 cm³/mol. The van der Waals surface area contributed by atoms with Crippen molar-refractivity contribution in [1.82, 2.24) is 0 Å². The van der Waals surface area contributed by atoms with Gasteiger partial charge in [-0.2, -0.15) is 0 Å². The minimum atomic E-state index is -0.494. The summed E-state index contributed by atoms with van der Waals surface area (Å²) in [5.74, 6) is 1.07. The van der Waals surface area contributed by atoms with Crippen molar-refractivity contribution in [3.63, 3.8) is 0 Å². The summed E-state index contributed by atoms with van der Waals surface area (Å²) in [6, 6.07) is 8.60. The summed E-state index contributed by atoms with van der Waals surface area (Å²) in [7, 11) is 0. The van der Waals surface area contributed by atoms with Crippen LogP contribution >= 0.6 is 0 Å². The van der Waals surface area contributed by atoms with E-state index in [2.05, 4.69) is 108 Å². The Labute approximate surface area is 377 Å². The molecule has 0 saturated heterocycles. The van der Waals surface area contributed by atoms with Gasteiger partial charge in [0.05, 0.1) is 64.4 Å². The van der Waals surface area contributed by atoms with Crippen LogP contribution in [0, 0.1) is 13.8 Å². The van der Waals surface area contributed by atoms with Gasteiger partial charge in [-0.1, -0.05) is 113 Å². The van der Waals surface area contributed by atoms with Crippen molar-refractivity contribution in [2.24, 2.45) is 9.98 Å². The second-order valence-corrected chi connectivity index (χ2v) is 20.9. The van der Waals surface area contributed by atoms with Crippen LogP contribution in [0.25, 0.3) is 0 Å². The summed E-state index contributed by atoms with van der Waals surface area (Å²) in [5, 5.41) is 22.6. The monoisotopic (exact) mass is 847 g/mol. The van der Waals surface area contributed by atoms with Crippen molar-refractivity contribution in [2.75, 3.05) is 58.9 Å². The Balaban J connectivity index is 2.50. The summed E-state index contributed by atoms with van der Waals surface area (Å²) in [5.41, 5.74) is 5.22. The molecule has 348 valence electrons. The Hall–Kier alpha value is -2.70. The van der Waals surface area contributed by atoms with Gasteiger partial charge in [-0.3, -0.25) is 9.98 Å². The minimum absolute atomic E-state index is 0.167. The number of quaternary nitrogens is 2. The first kappa shape index (κ1) is 54.4. The molecule has 0 radical (unpaired) electrons. The number of phenolic OH excluding ortho intramolecular Hbond substituents is 2.